The zero-order chi connectivity index (χ0) is 30.5. The molecule has 0 saturated heterocycles. The second-order valence-corrected chi connectivity index (χ2v) is 9.65. The Balaban J connectivity index is 1.57. The van der Waals surface area contributed by atoms with Gasteiger partial charge in [-0.1, -0.05) is 24.3 Å². The summed E-state index contributed by atoms with van der Waals surface area (Å²) in [7, 11) is 1.54. The van der Waals surface area contributed by atoms with Crippen LogP contribution in [-0.2, 0) is 30.1 Å². The number of carbonyl (C=O) groups excluding carboxylic acids is 2. The molecule has 0 fully saturated rings. The van der Waals surface area contributed by atoms with E-state index in [1.54, 1.807) is 6.07 Å². The van der Waals surface area contributed by atoms with Crippen molar-refractivity contribution in [1.82, 2.24) is 5.32 Å². The van der Waals surface area contributed by atoms with Gasteiger partial charge in [-0.15, -0.1) is 0 Å². The molecule has 3 aromatic carbocycles. The first kappa shape index (κ1) is 30.7. The number of methoxy groups -OCH3 is 1. The van der Waals surface area contributed by atoms with Gasteiger partial charge in [0.05, 0.1) is 16.7 Å². The highest BCUT2D eigenvalue weighted by Crippen LogP contribution is 2.37. The van der Waals surface area contributed by atoms with Crippen molar-refractivity contribution in [2.45, 2.75) is 31.7 Å². The number of hydrogen-bond acceptors (Lipinski definition) is 4. The summed E-state index contributed by atoms with van der Waals surface area (Å²) in [5.74, 6) is -0.420. The summed E-state index contributed by atoms with van der Waals surface area (Å²) in [6.07, 6.45) is -8.81. The number of hydrogen-bond donors (Lipinski definition) is 3. The molecular weight excluding hydrogens is 566 g/mol. The minimum Gasteiger partial charge on any atom is -0.385 e. The molecule has 1 heterocycles. The summed E-state index contributed by atoms with van der Waals surface area (Å²) in [5, 5.41) is 7.23. The summed E-state index contributed by atoms with van der Waals surface area (Å²) in [6, 6.07) is 12.2. The Bertz CT molecular complexity index is 1410. The van der Waals surface area contributed by atoms with Crippen LogP contribution in [0, 0.1) is 0 Å². The van der Waals surface area contributed by atoms with Crippen LogP contribution in [-0.4, -0.2) is 38.7 Å². The number of ether oxygens (including phenoxy) is 1. The highest BCUT2D eigenvalue weighted by atomic mass is 19.4. The molecule has 3 aromatic rings. The Labute approximate surface area is 237 Å². The number of rotatable bonds is 8. The molecule has 42 heavy (non-hydrogen) atoms. The lowest BCUT2D eigenvalue weighted by Gasteiger charge is -2.32. The van der Waals surface area contributed by atoms with Crippen LogP contribution in [0.1, 0.15) is 39.0 Å². The van der Waals surface area contributed by atoms with E-state index in [0.717, 1.165) is 12.0 Å². The number of carbonyl (C=O) groups is 2. The molecule has 0 unspecified atom stereocenters. The van der Waals surface area contributed by atoms with Gasteiger partial charge in [-0.05, 0) is 60.4 Å². The fraction of sp³-hybridized carbons (Fsp3) is 0.310. The highest BCUT2D eigenvalue weighted by Gasteiger charge is 2.37. The molecule has 0 radical (unpaired) electrons. The number of nitrogens with zero attached hydrogens (tertiary/aromatic N) is 1. The van der Waals surface area contributed by atoms with Gasteiger partial charge in [0.2, 0.25) is 0 Å². The standard InChI is InChI=1S/C29H28F6N4O3/c1-42-12-4-10-36-26(40)24-16-22(7-8-25(24)39-11-9-18-5-2-3-6-19(18)17-39)37-27(41)38-23-14-20(28(30,31)32)13-21(15-23)29(33,34)35/h2-3,5-8,13-16H,4,9-12,17H2,1H3,(H,36,40)(H2,37,38,41). The second kappa shape index (κ2) is 12.7. The molecule has 0 spiro atoms. The average molecular weight is 595 g/mol. The molecule has 0 bridgehead atoms. The molecule has 13 heteroatoms. The molecule has 0 atom stereocenters. The minimum atomic E-state index is -5.06. The van der Waals surface area contributed by atoms with Crippen molar-refractivity contribution in [3.05, 3.63) is 88.5 Å². The van der Waals surface area contributed by atoms with Crippen LogP contribution >= 0.6 is 0 Å². The van der Waals surface area contributed by atoms with Gasteiger partial charge in [-0.25, -0.2) is 4.79 Å². The lowest BCUT2D eigenvalue weighted by molar-refractivity contribution is -0.143. The molecule has 224 valence electrons. The summed E-state index contributed by atoms with van der Waals surface area (Å²) >= 11 is 0. The summed E-state index contributed by atoms with van der Waals surface area (Å²) in [5.41, 5.74) is -0.558. The lowest BCUT2D eigenvalue weighted by atomic mass is 9.98. The third kappa shape index (κ3) is 7.72. The van der Waals surface area contributed by atoms with Gasteiger partial charge in [0.25, 0.3) is 5.91 Å². The van der Waals surface area contributed by atoms with Gasteiger partial charge >= 0.3 is 18.4 Å². The van der Waals surface area contributed by atoms with Gasteiger partial charge in [-0.2, -0.15) is 26.3 Å². The SMILES string of the molecule is COCCCNC(=O)c1cc(NC(=O)Nc2cc(C(F)(F)F)cc(C(F)(F)F)c2)ccc1N1CCc2ccccc2C1. The molecule has 7 nitrogen and oxygen atoms in total. The smallest absolute Gasteiger partial charge is 0.385 e. The van der Waals surface area contributed by atoms with E-state index in [9.17, 15) is 35.9 Å². The third-order valence-electron chi connectivity index (χ3n) is 6.63. The summed E-state index contributed by atoms with van der Waals surface area (Å²) in [6.45, 7) is 1.93. The van der Waals surface area contributed by atoms with Crippen LogP contribution in [0.5, 0.6) is 0 Å². The van der Waals surface area contributed by atoms with E-state index in [1.807, 2.05) is 34.5 Å². The first-order valence-electron chi connectivity index (χ1n) is 13.0. The van der Waals surface area contributed by atoms with E-state index in [0.29, 0.717) is 50.5 Å². The van der Waals surface area contributed by atoms with Crippen LogP contribution in [0.2, 0.25) is 0 Å². The summed E-state index contributed by atoms with van der Waals surface area (Å²) < 4.78 is 84.2. The van der Waals surface area contributed by atoms with Crippen molar-refractivity contribution in [1.29, 1.82) is 0 Å². The number of urea groups is 1. The Morgan fingerprint density at radius 2 is 1.50 bits per heavy atom. The lowest BCUT2D eigenvalue weighted by Crippen LogP contribution is -2.33. The average Bonchev–Trinajstić information content (AvgIpc) is 2.93. The molecule has 1 aliphatic rings. The van der Waals surface area contributed by atoms with Gasteiger partial charge in [-0.3, -0.25) is 4.79 Å². The molecule has 3 amide bonds. The molecule has 3 N–H and O–H groups in total. The fourth-order valence-corrected chi connectivity index (χ4v) is 4.61. The van der Waals surface area contributed by atoms with E-state index < -0.39 is 41.1 Å². The van der Waals surface area contributed by atoms with E-state index in [1.165, 1.54) is 24.8 Å². The highest BCUT2D eigenvalue weighted by molar-refractivity contribution is 6.04. The van der Waals surface area contributed by atoms with Crippen molar-refractivity contribution in [2.75, 3.05) is 42.3 Å². The van der Waals surface area contributed by atoms with Gasteiger partial charge in [0, 0.05) is 50.4 Å². The maximum atomic E-state index is 13.2. The Kier molecular flexibility index (Phi) is 9.30. The van der Waals surface area contributed by atoms with Crippen LogP contribution in [0.4, 0.5) is 48.2 Å². The number of anilines is 3. The molecule has 1 aliphatic heterocycles. The number of amides is 3. The molecule has 0 aliphatic carbocycles. The second-order valence-electron chi connectivity index (χ2n) is 9.65. The minimum absolute atomic E-state index is 0.0294. The molecule has 4 rings (SSSR count). The maximum Gasteiger partial charge on any atom is 0.416 e. The predicted octanol–water partition coefficient (Wildman–Crippen LogP) is 6.70. The van der Waals surface area contributed by atoms with Crippen LogP contribution in [0.3, 0.4) is 0 Å². The summed E-state index contributed by atoms with van der Waals surface area (Å²) in [4.78, 5) is 27.9. The molecule has 0 saturated carbocycles. The van der Waals surface area contributed by atoms with E-state index in [2.05, 4.69) is 10.6 Å². The predicted molar refractivity (Wildman–Crippen MR) is 146 cm³/mol. The first-order chi connectivity index (χ1) is 19.8. The zero-order valence-corrected chi connectivity index (χ0v) is 22.5. The van der Waals surface area contributed by atoms with Gasteiger partial charge < -0.3 is 25.6 Å². The third-order valence-corrected chi connectivity index (χ3v) is 6.63. The van der Waals surface area contributed by atoms with Crippen LogP contribution in [0.15, 0.2) is 60.7 Å². The Morgan fingerprint density at radius 1 is 0.857 bits per heavy atom. The van der Waals surface area contributed by atoms with Crippen molar-refractivity contribution in [2.24, 2.45) is 0 Å². The Hall–Kier alpha value is -4.26. The van der Waals surface area contributed by atoms with E-state index in [4.69, 9.17) is 4.74 Å². The largest absolute Gasteiger partial charge is 0.416 e. The van der Waals surface area contributed by atoms with Gasteiger partial charge in [0.15, 0.2) is 0 Å². The first-order valence-corrected chi connectivity index (χ1v) is 13.0. The van der Waals surface area contributed by atoms with E-state index in [-0.39, 0.29) is 17.3 Å². The Morgan fingerprint density at radius 3 is 2.14 bits per heavy atom. The normalized spacial score (nSPS) is 13.4. The van der Waals surface area contributed by atoms with E-state index >= 15 is 0 Å². The number of alkyl halides is 6. The van der Waals surface area contributed by atoms with Crippen molar-refractivity contribution in [3.63, 3.8) is 0 Å². The maximum absolute atomic E-state index is 13.2. The van der Waals surface area contributed by atoms with Crippen LogP contribution in [0.25, 0.3) is 0 Å². The number of halogens is 6. The quantitative estimate of drug-likeness (QED) is 0.200. The topological polar surface area (TPSA) is 82.7 Å². The monoisotopic (exact) mass is 594 g/mol. The fourth-order valence-electron chi connectivity index (χ4n) is 4.61. The van der Waals surface area contributed by atoms with Crippen LogP contribution < -0.4 is 20.9 Å². The number of benzene rings is 3. The van der Waals surface area contributed by atoms with Crippen molar-refractivity contribution in [3.8, 4) is 0 Å². The van der Waals surface area contributed by atoms with Crippen molar-refractivity contribution < 1.29 is 40.7 Å². The number of nitrogens with one attached hydrogen (secondary N) is 3. The molecular formula is C29H28F6N4O3. The van der Waals surface area contributed by atoms with Gasteiger partial charge in [0.1, 0.15) is 0 Å². The zero-order valence-electron chi connectivity index (χ0n) is 22.5. The van der Waals surface area contributed by atoms with Crippen molar-refractivity contribution >= 4 is 29.0 Å². The molecule has 0 aromatic heterocycles. The number of fused-ring (bicyclic) bond motifs is 1.